The first-order chi connectivity index (χ1) is 8.81. The predicted molar refractivity (Wildman–Crippen MR) is 75.1 cm³/mol. The summed E-state index contributed by atoms with van der Waals surface area (Å²) in [6, 6.07) is 9.14. The molecule has 0 bridgehead atoms. The van der Waals surface area contributed by atoms with Gasteiger partial charge in [0, 0.05) is 5.56 Å². The molecule has 1 aromatic rings. The minimum Gasteiger partial charge on any atom is -0.492 e. The Morgan fingerprint density at radius 2 is 2.11 bits per heavy atom. The molecule has 100 valence electrons. The van der Waals surface area contributed by atoms with Gasteiger partial charge in [-0.2, -0.15) is 0 Å². The van der Waals surface area contributed by atoms with Crippen LogP contribution in [0.1, 0.15) is 31.9 Å². The van der Waals surface area contributed by atoms with E-state index in [1.54, 1.807) is 0 Å². The second kappa shape index (κ2) is 6.21. The Balaban J connectivity index is 2.24. The molecule has 3 nitrogen and oxygen atoms in total. The summed E-state index contributed by atoms with van der Waals surface area (Å²) in [6.07, 6.45) is 1.18. The molecule has 1 heterocycles. The van der Waals surface area contributed by atoms with E-state index in [1.165, 1.54) is 12.0 Å². The molecule has 1 aromatic carbocycles. The Kier molecular flexibility index (Phi) is 4.61. The van der Waals surface area contributed by atoms with Gasteiger partial charge in [-0.15, -0.1) is 0 Å². The quantitative estimate of drug-likeness (QED) is 0.866. The summed E-state index contributed by atoms with van der Waals surface area (Å²) in [4.78, 5) is 2.51. The van der Waals surface area contributed by atoms with E-state index < -0.39 is 0 Å². The Morgan fingerprint density at radius 3 is 2.78 bits per heavy atom. The molecule has 0 spiro atoms. The standard InChI is InChI=1S/C15H24N2O/c1-4-10-17(5-2)13-11-18-14-9-7-6-8-12(14)15(13)16-3/h6-9,13,15-16H,4-5,10-11H2,1-3H3. The highest BCUT2D eigenvalue weighted by atomic mass is 16.5. The summed E-state index contributed by atoms with van der Waals surface area (Å²) in [6.45, 7) is 7.43. The molecule has 1 N–H and O–H groups in total. The third-order valence-corrected chi connectivity index (χ3v) is 3.75. The number of nitrogens with one attached hydrogen (secondary N) is 1. The Hall–Kier alpha value is -1.06. The van der Waals surface area contributed by atoms with E-state index in [0.717, 1.165) is 25.4 Å². The highest BCUT2D eigenvalue weighted by molar-refractivity contribution is 5.38. The summed E-state index contributed by atoms with van der Waals surface area (Å²) in [7, 11) is 2.04. The molecule has 0 aromatic heterocycles. The topological polar surface area (TPSA) is 24.5 Å². The van der Waals surface area contributed by atoms with Crippen LogP contribution in [0.25, 0.3) is 0 Å². The van der Waals surface area contributed by atoms with Gasteiger partial charge in [0.25, 0.3) is 0 Å². The molecule has 0 amide bonds. The summed E-state index contributed by atoms with van der Waals surface area (Å²) in [5.74, 6) is 1.03. The third-order valence-electron chi connectivity index (χ3n) is 3.75. The van der Waals surface area contributed by atoms with Crippen molar-refractivity contribution in [1.29, 1.82) is 0 Å². The first kappa shape index (κ1) is 13.4. The molecule has 2 atom stereocenters. The van der Waals surface area contributed by atoms with Gasteiger partial charge in [-0.05, 0) is 32.6 Å². The number of para-hydroxylation sites is 1. The normalized spacial score (nSPS) is 22.7. The Morgan fingerprint density at radius 1 is 1.33 bits per heavy atom. The zero-order valence-electron chi connectivity index (χ0n) is 11.6. The van der Waals surface area contributed by atoms with Crippen molar-refractivity contribution in [2.24, 2.45) is 0 Å². The highest BCUT2D eigenvalue weighted by Gasteiger charge is 2.32. The predicted octanol–water partition coefficient (Wildman–Crippen LogP) is 2.44. The van der Waals surface area contributed by atoms with E-state index in [9.17, 15) is 0 Å². The first-order valence-corrected chi connectivity index (χ1v) is 6.94. The molecule has 3 heteroatoms. The van der Waals surface area contributed by atoms with Gasteiger partial charge in [0.1, 0.15) is 12.4 Å². The molecule has 1 aliphatic rings. The SMILES string of the molecule is CCCN(CC)C1COc2ccccc2C1NC. The van der Waals surface area contributed by atoms with Crippen LogP contribution in [0.2, 0.25) is 0 Å². The minimum absolute atomic E-state index is 0.362. The van der Waals surface area contributed by atoms with Crippen LogP contribution in [-0.4, -0.2) is 37.7 Å². The average Bonchev–Trinajstić information content (AvgIpc) is 2.43. The Labute approximate surface area is 110 Å². The van der Waals surface area contributed by atoms with E-state index in [2.05, 4.69) is 42.3 Å². The number of likely N-dealkylation sites (N-methyl/N-ethyl adjacent to an activating group) is 2. The number of benzene rings is 1. The van der Waals surface area contributed by atoms with Crippen LogP contribution in [0.4, 0.5) is 0 Å². The summed E-state index contributed by atoms with van der Waals surface area (Å²) in [5, 5.41) is 3.46. The largest absolute Gasteiger partial charge is 0.492 e. The maximum atomic E-state index is 5.92. The molecule has 0 saturated carbocycles. The maximum absolute atomic E-state index is 5.92. The number of rotatable bonds is 5. The molecule has 2 rings (SSSR count). The van der Waals surface area contributed by atoms with Crippen molar-refractivity contribution >= 4 is 0 Å². The molecular formula is C15H24N2O. The fourth-order valence-corrected chi connectivity index (χ4v) is 2.86. The molecule has 0 radical (unpaired) electrons. The molecule has 0 fully saturated rings. The van der Waals surface area contributed by atoms with Crippen LogP contribution < -0.4 is 10.1 Å². The lowest BCUT2D eigenvalue weighted by Crippen LogP contribution is -2.49. The van der Waals surface area contributed by atoms with Gasteiger partial charge < -0.3 is 10.1 Å². The van der Waals surface area contributed by atoms with E-state index in [1.807, 2.05) is 13.1 Å². The smallest absolute Gasteiger partial charge is 0.124 e. The number of ether oxygens (including phenoxy) is 1. The van der Waals surface area contributed by atoms with Crippen LogP contribution in [0, 0.1) is 0 Å². The van der Waals surface area contributed by atoms with Gasteiger partial charge in [-0.3, -0.25) is 4.90 Å². The van der Waals surface area contributed by atoms with E-state index in [0.29, 0.717) is 12.1 Å². The number of hydrogen-bond acceptors (Lipinski definition) is 3. The van der Waals surface area contributed by atoms with Crippen LogP contribution >= 0.6 is 0 Å². The van der Waals surface area contributed by atoms with Crippen LogP contribution in [0.3, 0.4) is 0 Å². The van der Waals surface area contributed by atoms with Crippen LogP contribution in [0.5, 0.6) is 5.75 Å². The highest BCUT2D eigenvalue weighted by Crippen LogP contribution is 2.33. The van der Waals surface area contributed by atoms with Crippen molar-refractivity contribution < 1.29 is 4.74 Å². The molecular weight excluding hydrogens is 224 g/mol. The number of fused-ring (bicyclic) bond motifs is 1. The van der Waals surface area contributed by atoms with Crippen molar-refractivity contribution in [2.45, 2.75) is 32.4 Å². The van der Waals surface area contributed by atoms with Crippen molar-refractivity contribution in [2.75, 3.05) is 26.7 Å². The van der Waals surface area contributed by atoms with Crippen LogP contribution in [0.15, 0.2) is 24.3 Å². The molecule has 2 unspecified atom stereocenters. The van der Waals surface area contributed by atoms with Gasteiger partial charge in [0.2, 0.25) is 0 Å². The number of hydrogen-bond donors (Lipinski definition) is 1. The van der Waals surface area contributed by atoms with Crippen molar-refractivity contribution in [1.82, 2.24) is 10.2 Å². The Bertz CT molecular complexity index is 381. The zero-order valence-corrected chi connectivity index (χ0v) is 11.6. The minimum atomic E-state index is 0.362. The molecule has 1 aliphatic heterocycles. The van der Waals surface area contributed by atoms with Gasteiger partial charge >= 0.3 is 0 Å². The monoisotopic (exact) mass is 248 g/mol. The lowest BCUT2D eigenvalue weighted by atomic mass is 9.95. The fraction of sp³-hybridized carbons (Fsp3) is 0.600. The lowest BCUT2D eigenvalue weighted by Gasteiger charge is -2.40. The second-order valence-electron chi connectivity index (χ2n) is 4.81. The summed E-state index contributed by atoms with van der Waals surface area (Å²) >= 11 is 0. The summed E-state index contributed by atoms with van der Waals surface area (Å²) in [5.41, 5.74) is 1.28. The fourth-order valence-electron chi connectivity index (χ4n) is 2.86. The number of nitrogens with zero attached hydrogens (tertiary/aromatic N) is 1. The lowest BCUT2D eigenvalue weighted by molar-refractivity contribution is 0.0922. The van der Waals surface area contributed by atoms with Crippen LogP contribution in [-0.2, 0) is 0 Å². The van der Waals surface area contributed by atoms with Crippen molar-refractivity contribution in [3.8, 4) is 5.75 Å². The van der Waals surface area contributed by atoms with Gasteiger partial charge in [0.05, 0.1) is 12.1 Å². The van der Waals surface area contributed by atoms with E-state index in [4.69, 9.17) is 4.74 Å². The van der Waals surface area contributed by atoms with Gasteiger partial charge in [-0.25, -0.2) is 0 Å². The van der Waals surface area contributed by atoms with E-state index >= 15 is 0 Å². The summed E-state index contributed by atoms with van der Waals surface area (Å²) < 4.78 is 5.92. The third kappa shape index (κ3) is 2.52. The molecule has 0 aliphatic carbocycles. The molecule has 18 heavy (non-hydrogen) atoms. The molecule has 0 saturated heterocycles. The average molecular weight is 248 g/mol. The van der Waals surface area contributed by atoms with Crippen molar-refractivity contribution in [3.05, 3.63) is 29.8 Å². The first-order valence-electron chi connectivity index (χ1n) is 6.94. The van der Waals surface area contributed by atoms with Crippen molar-refractivity contribution in [3.63, 3.8) is 0 Å². The zero-order chi connectivity index (χ0) is 13.0. The van der Waals surface area contributed by atoms with E-state index in [-0.39, 0.29) is 0 Å². The van der Waals surface area contributed by atoms with Gasteiger partial charge in [0.15, 0.2) is 0 Å². The van der Waals surface area contributed by atoms with Gasteiger partial charge in [-0.1, -0.05) is 32.0 Å². The maximum Gasteiger partial charge on any atom is 0.124 e. The second-order valence-corrected chi connectivity index (χ2v) is 4.81.